The second kappa shape index (κ2) is 9.34. The summed E-state index contributed by atoms with van der Waals surface area (Å²) in [6.07, 6.45) is 0.300. The molecule has 186 valence electrons. The highest BCUT2D eigenvalue weighted by Crippen LogP contribution is 2.40. The average molecular weight is 494 g/mol. The molecule has 2 aromatic rings. The van der Waals surface area contributed by atoms with E-state index in [4.69, 9.17) is 14.9 Å². The van der Waals surface area contributed by atoms with Gasteiger partial charge in [0, 0.05) is 23.8 Å². The lowest BCUT2D eigenvalue weighted by atomic mass is 9.83. The molecule has 0 saturated carbocycles. The highest BCUT2D eigenvalue weighted by Gasteiger charge is 2.39. The van der Waals surface area contributed by atoms with Crippen molar-refractivity contribution in [2.45, 2.75) is 31.8 Å². The Labute approximate surface area is 197 Å². The summed E-state index contributed by atoms with van der Waals surface area (Å²) in [5.41, 5.74) is -1.53. The lowest BCUT2D eigenvalue weighted by molar-refractivity contribution is -0.146. The van der Waals surface area contributed by atoms with Crippen molar-refractivity contribution in [1.82, 2.24) is 9.97 Å². The second-order valence-electron chi connectivity index (χ2n) is 8.75. The van der Waals surface area contributed by atoms with Crippen LogP contribution in [-0.2, 0) is 14.3 Å². The van der Waals surface area contributed by atoms with Gasteiger partial charge in [0.25, 0.3) is 11.8 Å². The van der Waals surface area contributed by atoms with E-state index in [2.05, 4.69) is 15.3 Å². The Balaban J connectivity index is 1.72. The fourth-order valence-corrected chi connectivity index (χ4v) is 3.70. The van der Waals surface area contributed by atoms with E-state index in [0.717, 1.165) is 30.6 Å². The molecule has 3 N–H and O–H groups in total. The summed E-state index contributed by atoms with van der Waals surface area (Å²) in [5.74, 6) is -6.59. The summed E-state index contributed by atoms with van der Waals surface area (Å²) in [4.78, 5) is 20.8. The van der Waals surface area contributed by atoms with Gasteiger partial charge in [0.2, 0.25) is 0 Å². The van der Waals surface area contributed by atoms with Crippen molar-refractivity contribution in [1.29, 1.82) is 5.41 Å². The van der Waals surface area contributed by atoms with E-state index >= 15 is 0 Å². The van der Waals surface area contributed by atoms with Gasteiger partial charge in [-0.2, -0.15) is 0 Å². The lowest BCUT2D eigenvalue weighted by Gasteiger charge is -2.37. The number of carbonyl (C=O) groups is 1. The number of anilines is 1. The molecule has 0 spiro atoms. The van der Waals surface area contributed by atoms with Crippen LogP contribution < -0.4 is 5.32 Å². The van der Waals surface area contributed by atoms with Crippen LogP contribution in [0, 0.1) is 22.5 Å². The number of nitrogens with zero attached hydrogens (tertiary/aromatic N) is 2. The van der Waals surface area contributed by atoms with Gasteiger partial charge in [-0.1, -0.05) is 0 Å². The van der Waals surface area contributed by atoms with Crippen molar-refractivity contribution in [3.8, 4) is 11.3 Å². The number of ether oxygens (including phenoxy) is 2. The highest BCUT2D eigenvalue weighted by molar-refractivity contribution is 6.09. The van der Waals surface area contributed by atoms with Gasteiger partial charge in [-0.15, -0.1) is 0 Å². The Hall–Kier alpha value is -3.38. The number of aromatic nitrogens is 2. The predicted octanol–water partition coefficient (Wildman–Crippen LogP) is 4.35. The van der Waals surface area contributed by atoms with Crippen LogP contribution in [0.2, 0.25) is 0 Å². The van der Waals surface area contributed by atoms with Gasteiger partial charge >= 0.3 is 0 Å². The molecule has 2 aliphatic rings. The molecule has 2 saturated heterocycles. The van der Waals surface area contributed by atoms with Crippen molar-refractivity contribution in [2.24, 2.45) is 5.41 Å². The van der Waals surface area contributed by atoms with Crippen molar-refractivity contribution >= 4 is 17.3 Å². The normalized spacial score (nSPS) is 21.2. The minimum atomic E-state index is -3.03. The summed E-state index contributed by atoms with van der Waals surface area (Å²) in [6.45, 7) is 1.34. The molecule has 1 atom stereocenters. The van der Waals surface area contributed by atoms with Crippen molar-refractivity contribution in [2.75, 3.05) is 25.1 Å². The molecule has 1 aromatic heterocycles. The third-order valence-corrected chi connectivity index (χ3v) is 5.88. The first-order chi connectivity index (χ1) is 16.5. The highest BCUT2D eigenvalue weighted by atomic mass is 19.3. The molecule has 1 amide bonds. The molecule has 1 aromatic carbocycles. The van der Waals surface area contributed by atoms with Crippen LogP contribution in [0.4, 0.5) is 23.2 Å². The molecule has 0 aliphatic carbocycles. The fraction of sp³-hybridized carbons (Fsp3) is 0.391. The number of amides is 1. The number of nitrogens with one attached hydrogen (secondary N) is 2. The van der Waals surface area contributed by atoms with Gasteiger partial charge in [0.1, 0.15) is 36.4 Å². The smallest absolute Gasteiger partial charge is 0.290 e. The first-order valence-electron chi connectivity index (χ1n) is 10.7. The maximum absolute atomic E-state index is 14.6. The number of aliphatic hydroxyl groups excluding tert-OH is 1. The fourth-order valence-electron chi connectivity index (χ4n) is 3.70. The molecule has 8 nitrogen and oxygen atoms in total. The van der Waals surface area contributed by atoms with E-state index in [1.807, 2.05) is 0 Å². The predicted molar refractivity (Wildman–Crippen MR) is 116 cm³/mol. The van der Waals surface area contributed by atoms with Crippen LogP contribution in [0.25, 0.3) is 11.3 Å². The van der Waals surface area contributed by atoms with Crippen molar-refractivity contribution in [3.05, 3.63) is 53.7 Å². The molecular formula is C23H22F4N4O4. The molecule has 2 aliphatic heterocycles. The summed E-state index contributed by atoms with van der Waals surface area (Å²) in [5, 5.41) is 20.8. The average Bonchev–Trinajstić information content (AvgIpc) is 2.79. The number of hydrogen-bond donors (Lipinski definition) is 3. The molecule has 0 radical (unpaired) electrons. The lowest BCUT2D eigenvalue weighted by Crippen LogP contribution is -2.45. The quantitative estimate of drug-likeness (QED) is 0.238. The van der Waals surface area contributed by atoms with Crippen molar-refractivity contribution < 1.29 is 36.9 Å². The van der Waals surface area contributed by atoms with Gasteiger partial charge in [-0.05, 0) is 31.5 Å². The molecule has 12 heteroatoms. The summed E-state index contributed by atoms with van der Waals surface area (Å²) in [6, 6.07) is 2.63. The van der Waals surface area contributed by atoms with E-state index < -0.39 is 53.8 Å². The zero-order chi connectivity index (χ0) is 25.4. The summed E-state index contributed by atoms with van der Waals surface area (Å²) >= 11 is 0. The maximum Gasteiger partial charge on any atom is 0.290 e. The number of allylic oxidation sites excluding steroid dienone is 1. The van der Waals surface area contributed by atoms with E-state index in [9.17, 15) is 27.5 Å². The van der Waals surface area contributed by atoms with Crippen LogP contribution in [0.1, 0.15) is 31.6 Å². The number of carbonyl (C=O) groups excluding carboxylic acids is 1. The standard InChI is InChI=1S/C23H22F4N4O4/c1-22(8-34-9-22)17(28)7-15(32)21(33)31-20-18(13-6-12(24)2-3-14(13)25)29-11-30-19(20)16-4-5-23(26,27)10-35-16/h2-3,6-7,11,16,28,32H,4-5,8-10H2,1H3,(H,31,33)/b15-7-,28-17?. The van der Waals surface area contributed by atoms with Crippen LogP contribution in [0.3, 0.4) is 0 Å². The van der Waals surface area contributed by atoms with Crippen LogP contribution >= 0.6 is 0 Å². The Kier molecular flexibility index (Phi) is 6.60. The van der Waals surface area contributed by atoms with E-state index in [-0.39, 0.29) is 48.0 Å². The van der Waals surface area contributed by atoms with Gasteiger partial charge < -0.3 is 25.3 Å². The van der Waals surface area contributed by atoms with Crippen LogP contribution in [0.15, 0.2) is 36.4 Å². The summed E-state index contributed by atoms with van der Waals surface area (Å²) < 4.78 is 66.0. The topological polar surface area (TPSA) is 117 Å². The van der Waals surface area contributed by atoms with Crippen molar-refractivity contribution in [3.63, 3.8) is 0 Å². The van der Waals surface area contributed by atoms with E-state index in [1.165, 1.54) is 0 Å². The van der Waals surface area contributed by atoms with E-state index in [1.54, 1.807) is 6.92 Å². The SMILES string of the molecule is CC1(C(=N)/C=C(\O)C(=O)Nc2c(-c3cc(F)ccc3F)ncnc2C2CCC(F)(F)CO2)COC1. The van der Waals surface area contributed by atoms with Gasteiger partial charge in [0.05, 0.1) is 30.0 Å². The number of benzene rings is 1. The maximum atomic E-state index is 14.6. The van der Waals surface area contributed by atoms with Crippen LogP contribution in [-0.4, -0.2) is 52.4 Å². The number of halogens is 4. The third kappa shape index (κ3) is 5.17. The van der Waals surface area contributed by atoms with Crippen LogP contribution in [0.5, 0.6) is 0 Å². The Morgan fingerprint density at radius 2 is 2.00 bits per heavy atom. The number of hydrogen-bond acceptors (Lipinski definition) is 7. The molecule has 3 heterocycles. The Bertz CT molecular complexity index is 1190. The number of rotatable bonds is 6. The first kappa shape index (κ1) is 24.7. The number of aliphatic hydroxyl groups is 1. The van der Waals surface area contributed by atoms with Gasteiger partial charge in [0.15, 0.2) is 5.76 Å². The van der Waals surface area contributed by atoms with Gasteiger partial charge in [-0.25, -0.2) is 27.5 Å². The zero-order valence-corrected chi connectivity index (χ0v) is 18.6. The minimum Gasteiger partial charge on any atom is -0.503 e. The van der Waals surface area contributed by atoms with E-state index in [0.29, 0.717) is 0 Å². The molecule has 1 unspecified atom stereocenters. The zero-order valence-electron chi connectivity index (χ0n) is 18.6. The Morgan fingerprint density at radius 1 is 1.26 bits per heavy atom. The minimum absolute atomic E-state index is 0.0373. The molecule has 0 bridgehead atoms. The molecule has 2 fully saturated rings. The monoisotopic (exact) mass is 494 g/mol. The molecular weight excluding hydrogens is 472 g/mol. The molecule has 4 rings (SSSR count). The number of alkyl halides is 2. The largest absolute Gasteiger partial charge is 0.503 e. The summed E-state index contributed by atoms with van der Waals surface area (Å²) in [7, 11) is 0. The Morgan fingerprint density at radius 3 is 2.63 bits per heavy atom. The molecule has 35 heavy (non-hydrogen) atoms. The third-order valence-electron chi connectivity index (χ3n) is 5.88. The first-order valence-corrected chi connectivity index (χ1v) is 10.7. The van der Waals surface area contributed by atoms with Gasteiger partial charge in [-0.3, -0.25) is 4.79 Å². The second-order valence-corrected chi connectivity index (χ2v) is 8.75.